The zero-order chi connectivity index (χ0) is 12.4. The Morgan fingerprint density at radius 2 is 1.69 bits per heavy atom. The van der Waals surface area contributed by atoms with Gasteiger partial charge in [-0.15, -0.1) is 0 Å². The summed E-state index contributed by atoms with van der Waals surface area (Å²) in [7, 11) is -3.36. The highest BCUT2D eigenvalue weighted by molar-refractivity contribution is 7.89. The van der Waals surface area contributed by atoms with E-state index >= 15 is 0 Å². The predicted molar refractivity (Wildman–Crippen MR) is 62.3 cm³/mol. The van der Waals surface area contributed by atoms with Gasteiger partial charge in [-0.05, 0) is 20.8 Å². The van der Waals surface area contributed by atoms with Crippen molar-refractivity contribution in [3.63, 3.8) is 0 Å². The Balaban J connectivity index is 2.60. The van der Waals surface area contributed by atoms with Gasteiger partial charge >= 0.3 is 0 Å². The highest BCUT2D eigenvalue weighted by atomic mass is 32.2. The van der Waals surface area contributed by atoms with Crippen molar-refractivity contribution in [1.29, 1.82) is 5.26 Å². The van der Waals surface area contributed by atoms with Crippen molar-refractivity contribution in [2.45, 2.75) is 26.3 Å². The second-order valence-corrected chi connectivity index (χ2v) is 6.94. The minimum atomic E-state index is -3.36. The summed E-state index contributed by atoms with van der Waals surface area (Å²) in [5.41, 5.74) is 0.0745. The van der Waals surface area contributed by atoms with Crippen LogP contribution in [-0.4, -0.2) is 55.1 Å². The van der Waals surface area contributed by atoms with Crippen molar-refractivity contribution in [3.05, 3.63) is 0 Å². The van der Waals surface area contributed by atoms with Gasteiger partial charge in [0.25, 0.3) is 0 Å². The molecule has 0 bridgehead atoms. The third-order valence-electron chi connectivity index (χ3n) is 2.83. The van der Waals surface area contributed by atoms with E-state index in [2.05, 4.69) is 25.7 Å². The first-order chi connectivity index (χ1) is 7.27. The quantitative estimate of drug-likeness (QED) is 0.700. The van der Waals surface area contributed by atoms with Gasteiger partial charge in [0.1, 0.15) is 0 Å². The van der Waals surface area contributed by atoms with Crippen molar-refractivity contribution in [1.82, 2.24) is 9.21 Å². The number of nitriles is 1. The van der Waals surface area contributed by atoms with Gasteiger partial charge in [-0.2, -0.15) is 9.57 Å². The zero-order valence-electron chi connectivity index (χ0n) is 10.1. The van der Waals surface area contributed by atoms with Gasteiger partial charge in [-0.3, -0.25) is 4.90 Å². The predicted octanol–water partition coefficient (Wildman–Crippen LogP) is 0.256. The average Bonchev–Trinajstić information content (AvgIpc) is 2.16. The van der Waals surface area contributed by atoms with Gasteiger partial charge in [0.2, 0.25) is 10.0 Å². The van der Waals surface area contributed by atoms with E-state index < -0.39 is 15.8 Å². The Labute approximate surface area is 97.7 Å². The second-order valence-electron chi connectivity index (χ2n) is 4.97. The van der Waals surface area contributed by atoms with Crippen LogP contribution in [0.3, 0.4) is 0 Å². The molecule has 0 atom stereocenters. The zero-order valence-corrected chi connectivity index (χ0v) is 10.9. The monoisotopic (exact) mass is 245 g/mol. The molecule has 1 saturated heterocycles. The maximum atomic E-state index is 11.6. The van der Waals surface area contributed by atoms with Crippen LogP contribution in [0.2, 0.25) is 0 Å². The summed E-state index contributed by atoms with van der Waals surface area (Å²) in [6, 6.07) is 1.70. The molecule has 1 heterocycles. The Kier molecular flexibility index (Phi) is 3.94. The lowest BCUT2D eigenvalue weighted by Crippen LogP contribution is -2.54. The first kappa shape index (κ1) is 13.4. The van der Waals surface area contributed by atoms with Crippen LogP contribution in [0.15, 0.2) is 0 Å². The van der Waals surface area contributed by atoms with Crippen molar-refractivity contribution in [2.24, 2.45) is 0 Å². The molecule has 0 aliphatic carbocycles. The third kappa shape index (κ3) is 3.17. The number of piperazine rings is 1. The molecule has 1 rings (SSSR count). The molecule has 6 heteroatoms. The van der Waals surface area contributed by atoms with Crippen molar-refractivity contribution < 1.29 is 8.42 Å². The summed E-state index contributed by atoms with van der Waals surface area (Å²) in [6.07, 6.45) is 0. The number of sulfonamides is 1. The average molecular weight is 245 g/mol. The van der Waals surface area contributed by atoms with E-state index in [9.17, 15) is 8.42 Å². The maximum Gasteiger partial charge on any atom is 0.227 e. The molecule has 1 aliphatic heterocycles. The highest BCUT2D eigenvalue weighted by Gasteiger charge is 2.30. The van der Waals surface area contributed by atoms with E-state index in [-0.39, 0.29) is 5.54 Å². The summed E-state index contributed by atoms with van der Waals surface area (Å²) >= 11 is 0. The summed E-state index contributed by atoms with van der Waals surface area (Å²) < 4.78 is 24.7. The Morgan fingerprint density at radius 3 is 2.06 bits per heavy atom. The smallest absolute Gasteiger partial charge is 0.227 e. The molecular weight excluding hydrogens is 226 g/mol. The Bertz CT molecular complexity index is 370. The van der Waals surface area contributed by atoms with Crippen LogP contribution in [0.25, 0.3) is 0 Å². The molecule has 0 aromatic heterocycles. The second kappa shape index (κ2) is 4.70. The summed E-state index contributed by atoms with van der Waals surface area (Å²) in [4.78, 5) is 2.26. The van der Waals surface area contributed by atoms with Crippen LogP contribution in [0.1, 0.15) is 20.8 Å². The largest absolute Gasteiger partial charge is 0.296 e. The SMILES string of the molecule is CC(C)(C)N1CCN(S(=O)(=O)CC#N)CC1. The number of nitrogens with zero attached hydrogens (tertiary/aromatic N) is 3. The van der Waals surface area contributed by atoms with Gasteiger partial charge in [-0.1, -0.05) is 0 Å². The van der Waals surface area contributed by atoms with Crippen molar-refractivity contribution in [2.75, 3.05) is 31.9 Å². The minimum absolute atomic E-state index is 0.0745. The molecule has 0 spiro atoms. The normalized spacial score (nSPS) is 20.6. The molecule has 92 valence electrons. The lowest BCUT2D eigenvalue weighted by Gasteiger charge is -2.41. The third-order valence-corrected chi connectivity index (χ3v) is 4.47. The number of hydrogen-bond donors (Lipinski definition) is 0. The molecule has 5 nitrogen and oxygen atoms in total. The van der Waals surface area contributed by atoms with Crippen molar-refractivity contribution in [3.8, 4) is 6.07 Å². The van der Waals surface area contributed by atoms with Crippen LogP contribution < -0.4 is 0 Å². The first-order valence-electron chi connectivity index (χ1n) is 5.37. The first-order valence-corrected chi connectivity index (χ1v) is 6.98. The van der Waals surface area contributed by atoms with Gasteiger partial charge in [0.15, 0.2) is 5.75 Å². The summed E-state index contributed by atoms with van der Waals surface area (Å²) in [5, 5.41) is 8.45. The topological polar surface area (TPSA) is 64.4 Å². The summed E-state index contributed by atoms with van der Waals surface area (Å²) in [5.74, 6) is -0.414. The molecule has 0 unspecified atom stereocenters. The van der Waals surface area contributed by atoms with Crippen LogP contribution in [0, 0.1) is 11.3 Å². The van der Waals surface area contributed by atoms with E-state index in [1.165, 1.54) is 4.31 Å². The van der Waals surface area contributed by atoms with Gasteiger partial charge < -0.3 is 0 Å². The van der Waals surface area contributed by atoms with E-state index in [4.69, 9.17) is 5.26 Å². The van der Waals surface area contributed by atoms with Crippen LogP contribution in [0.4, 0.5) is 0 Å². The molecule has 0 aromatic rings. The van der Waals surface area contributed by atoms with E-state index in [1.807, 2.05) is 0 Å². The molecule has 0 radical (unpaired) electrons. The standard InChI is InChI=1S/C10H19N3O2S/c1-10(2,3)12-5-7-13(8-6-12)16(14,15)9-4-11/h5-9H2,1-3H3. The van der Waals surface area contributed by atoms with Crippen LogP contribution >= 0.6 is 0 Å². The fraction of sp³-hybridized carbons (Fsp3) is 0.900. The van der Waals surface area contributed by atoms with Gasteiger partial charge in [-0.25, -0.2) is 8.42 Å². The minimum Gasteiger partial charge on any atom is -0.296 e. The summed E-state index contributed by atoms with van der Waals surface area (Å²) in [6.45, 7) is 8.79. The van der Waals surface area contributed by atoms with Gasteiger partial charge in [0, 0.05) is 31.7 Å². The Morgan fingerprint density at radius 1 is 1.19 bits per heavy atom. The molecule has 1 fully saturated rings. The maximum absolute atomic E-state index is 11.6. The molecule has 0 aromatic carbocycles. The van der Waals surface area contributed by atoms with Crippen molar-refractivity contribution >= 4 is 10.0 Å². The van der Waals surface area contributed by atoms with Crippen LogP contribution in [0.5, 0.6) is 0 Å². The molecule has 0 amide bonds. The van der Waals surface area contributed by atoms with Gasteiger partial charge in [0.05, 0.1) is 6.07 Å². The highest BCUT2D eigenvalue weighted by Crippen LogP contribution is 2.17. The van der Waals surface area contributed by atoms with E-state index in [1.54, 1.807) is 6.07 Å². The lowest BCUT2D eigenvalue weighted by molar-refractivity contribution is 0.0923. The van der Waals surface area contributed by atoms with E-state index in [0.29, 0.717) is 13.1 Å². The fourth-order valence-corrected chi connectivity index (χ4v) is 2.88. The van der Waals surface area contributed by atoms with E-state index in [0.717, 1.165) is 13.1 Å². The molecule has 0 N–H and O–H groups in total. The molecule has 1 aliphatic rings. The molecule has 0 saturated carbocycles. The van der Waals surface area contributed by atoms with Crippen LogP contribution in [-0.2, 0) is 10.0 Å². The molecule has 16 heavy (non-hydrogen) atoms. The fourth-order valence-electron chi connectivity index (χ4n) is 1.81. The number of hydrogen-bond acceptors (Lipinski definition) is 4. The Hall–Kier alpha value is -0.640. The molecular formula is C10H19N3O2S. The number of rotatable bonds is 2. The lowest BCUT2D eigenvalue weighted by atomic mass is 10.1.